The molecule has 4 atom stereocenters. The summed E-state index contributed by atoms with van der Waals surface area (Å²) in [5, 5.41) is 19.2. The Morgan fingerprint density at radius 3 is 2.90 bits per heavy atom. The van der Waals surface area contributed by atoms with Gasteiger partial charge in [-0.2, -0.15) is 0 Å². The van der Waals surface area contributed by atoms with Crippen LogP contribution in [-0.2, 0) is 4.74 Å². The van der Waals surface area contributed by atoms with Crippen molar-refractivity contribution >= 4 is 17.0 Å². The zero-order valence-corrected chi connectivity index (χ0v) is 10.7. The first-order valence-corrected chi connectivity index (χ1v) is 6.05. The van der Waals surface area contributed by atoms with Gasteiger partial charge >= 0.3 is 0 Å². The van der Waals surface area contributed by atoms with E-state index < -0.39 is 30.7 Å². The number of rotatable bonds is 2. The van der Waals surface area contributed by atoms with Gasteiger partial charge in [-0.1, -0.05) is 5.92 Å². The van der Waals surface area contributed by atoms with Crippen LogP contribution in [0.1, 0.15) is 6.23 Å². The maximum absolute atomic E-state index is 14.3. The molecule has 1 aliphatic heterocycles. The summed E-state index contributed by atoms with van der Waals surface area (Å²) in [7, 11) is 0. The molecule has 0 aromatic carbocycles. The van der Waals surface area contributed by atoms with Crippen molar-refractivity contribution in [2.24, 2.45) is 0 Å². The Balaban J connectivity index is 2.08. The van der Waals surface area contributed by atoms with E-state index in [0.29, 0.717) is 0 Å². The number of nitrogens with zero attached hydrogens (tertiary/aromatic N) is 4. The molecule has 3 heterocycles. The Hall–Kier alpha value is -2.28. The lowest BCUT2D eigenvalue weighted by Gasteiger charge is -2.23. The summed E-state index contributed by atoms with van der Waals surface area (Å²) in [6.07, 6.45) is 2.92. The number of nitrogen functional groups attached to an aromatic ring is 1. The third kappa shape index (κ3) is 1.77. The SMILES string of the molecule is C#C[C@]1(CO)O[C@@H](n2cnc3c(N)ncnc32)[C@@H](F)[C@@H]1O. The molecule has 110 valence electrons. The molecule has 8 nitrogen and oxygen atoms in total. The van der Waals surface area contributed by atoms with Gasteiger partial charge in [0.2, 0.25) is 0 Å². The molecule has 0 bridgehead atoms. The zero-order chi connectivity index (χ0) is 15.2. The number of aliphatic hydroxyl groups excluding tert-OH is 2. The van der Waals surface area contributed by atoms with Gasteiger partial charge in [-0.25, -0.2) is 19.3 Å². The molecule has 1 aliphatic rings. The topological polar surface area (TPSA) is 119 Å². The molecule has 0 saturated carbocycles. The number of nitrogens with two attached hydrogens (primary N) is 1. The monoisotopic (exact) mass is 293 g/mol. The molecule has 2 aromatic rings. The molecule has 1 saturated heterocycles. The van der Waals surface area contributed by atoms with Crippen LogP contribution in [0.4, 0.5) is 10.2 Å². The average Bonchev–Trinajstić information content (AvgIpc) is 3.02. The van der Waals surface area contributed by atoms with E-state index in [1.54, 1.807) is 0 Å². The van der Waals surface area contributed by atoms with E-state index in [-0.39, 0.29) is 17.0 Å². The van der Waals surface area contributed by atoms with Gasteiger partial charge in [0.15, 0.2) is 29.5 Å². The van der Waals surface area contributed by atoms with Gasteiger partial charge in [-0.3, -0.25) is 4.57 Å². The van der Waals surface area contributed by atoms with Crippen molar-refractivity contribution in [3.63, 3.8) is 0 Å². The van der Waals surface area contributed by atoms with E-state index in [1.165, 1.54) is 17.2 Å². The van der Waals surface area contributed by atoms with Crippen molar-refractivity contribution < 1.29 is 19.3 Å². The molecule has 0 radical (unpaired) electrons. The molecule has 0 unspecified atom stereocenters. The highest BCUT2D eigenvalue weighted by Gasteiger charge is 2.55. The Labute approximate surface area is 118 Å². The first-order valence-electron chi connectivity index (χ1n) is 6.05. The molecule has 1 fully saturated rings. The van der Waals surface area contributed by atoms with Gasteiger partial charge in [0.05, 0.1) is 12.9 Å². The number of ether oxygens (including phenoxy) is 1. The number of aliphatic hydroxyl groups is 2. The smallest absolute Gasteiger partial charge is 0.182 e. The summed E-state index contributed by atoms with van der Waals surface area (Å²) in [5.41, 5.74) is 4.37. The van der Waals surface area contributed by atoms with E-state index in [9.17, 15) is 14.6 Å². The molecule has 4 N–H and O–H groups in total. The number of imidazole rings is 1. The normalized spacial score (nSPS) is 32.4. The Bertz CT molecular complexity index is 729. The Morgan fingerprint density at radius 2 is 2.29 bits per heavy atom. The summed E-state index contributed by atoms with van der Waals surface area (Å²) in [4.78, 5) is 11.7. The van der Waals surface area contributed by atoms with E-state index >= 15 is 0 Å². The van der Waals surface area contributed by atoms with E-state index in [4.69, 9.17) is 16.9 Å². The van der Waals surface area contributed by atoms with Crippen molar-refractivity contribution in [2.45, 2.75) is 24.1 Å². The minimum Gasteiger partial charge on any atom is -0.392 e. The molecular weight excluding hydrogens is 281 g/mol. The van der Waals surface area contributed by atoms with Crippen LogP contribution in [0.15, 0.2) is 12.7 Å². The lowest BCUT2D eigenvalue weighted by atomic mass is 9.98. The minimum absolute atomic E-state index is 0.137. The fourth-order valence-electron chi connectivity index (χ4n) is 2.33. The largest absolute Gasteiger partial charge is 0.392 e. The first-order chi connectivity index (χ1) is 10.0. The van der Waals surface area contributed by atoms with E-state index in [2.05, 4.69) is 20.9 Å². The highest BCUT2D eigenvalue weighted by atomic mass is 19.1. The van der Waals surface area contributed by atoms with Gasteiger partial charge in [0.1, 0.15) is 17.9 Å². The molecule has 0 amide bonds. The third-order valence-electron chi connectivity index (χ3n) is 3.52. The second-order valence-electron chi connectivity index (χ2n) is 4.67. The van der Waals surface area contributed by atoms with E-state index in [1.807, 2.05) is 0 Å². The number of aromatic nitrogens is 4. The number of alkyl halides is 1. The minimum atomic E-state index is -1.86. The van der Waals surface area contributed by atoms with Crippen molar-refractivity contribution in [3.8, 4) is 12.3 Å². The molecule has 0 aliphatic carbocycles. The maximum Gasteiger partial charge on any atom is 0.182 e. The lowest BCUT2D eigenvalue weighted by molar-refractivity contribution is -0.0900. The number of halogens is 1. The fraction of sp³-hybridized carbons (Fsp3) is 0.417. The number of terminal acetylenes is 1. The molecular formula is C12H12FN5O3. The van der Waals surface area contributed by atoms with Crippen LogP contribution >= 0.6 is 0 Å². The van der Waals surface area contributed by atoms with Crippen molar-refractivity contribution in [3.05, 3.63) is 12.7 Å². The van der Waals surface area contributed by atoms with Crippen LogP contribution in [0.5, 0.6) is 0 Å². The highest BCUT2D eigenvalue weighted by molar-refractivity contribution is 5.81. The van der Waals surface area contributed by atoms with Crippen molar-refractivity contribution in [1.82, 2.24) is 19.5 Å². The quantitative estimate of drug-likeness (QED) is 0.607. The predicted octanol–water partition coefficient (Wildman–Crippen LogP) is -0.999. The van der Waals surface area contributed by atoms with Crippen LogP contribution in [-0.4, -0.2) is 54.2 Å². The highest BCUT2D eigenvalue weighted by Crippen LogP contribution is 2.39. The zero-order valence-electron chi connectivity index (χ0n) is 10.7. The van der Waals surface area contributed by atoms with Gasteiger partial charge in [-0.15, -0.1) is 6.42 Å². The second kappa shape index (κ2) is 4.63. The average molecular weight is 293 g/mol. The van der Waals surface area contributed by atoms with Crippen LogP contribution < -0.4 is 5.73 Å². The predicted molar refractivity (Wildman–Crippen MR) is 69.4 cm³/mol. The summed E-state index contributed by atoms with van der Waals surface area (Å²) in [5.74, 6) is 2.24. The van der Waals surface area contributed by atoms with E-state index in [0.717, 1.165) is 0 Å². The third-order valence-corrected chi connectivity index (χ3v) is 3.52. The van der Waals surface area contributed by atoms with Crippen molar-refractivity contribution in [2.75, 3.05) is 12.3 Å². The van der Waals surface area contributed by atoms with Gasteiger partial charge < -0.3 is 20.7 Å². The molecule has 3 rings (SSSR count). The maximum atomic E-state index is 14.3. The number of fused-ring (bicyclic) bond motifs is 1. The fourth-order valence-corrected chi connectivity index (χ4v) is 2.33. The summed E-state index contributed by atoms with van der Waals surface area (Å²) in [6, 6.07) is 0. The Morgan fingerprint density at radius 1 is 1.52 bits per heavy atom. The van der Waals surface area contributed by atoms with Crippen LogP contribution in [0.3, 0.4) is 0 Å². The summed E-state index contributed by atoms with van der Waals surface area (Å²) in [6.45, 7) is -0.717. The number of hydrogen-bond acceptors (Lipinski definition) is 7. The van der Waals surface area contributed by atoms with Gasteiger partial charge in [0.25, 0.3) is 0 Å². The molecule has 21 heavy (non-hydrogen) atoms. The van der Waals surface area contributed by atoms with Crippen LogP contribution in [0.2, 0.25) is 0 Å². The van der Waals surface area contributed by atoms with Gasteiger partial charge in [0, 0.05) is 0 Å². The van der Waals surface area contributed by atoms with Crippen LogP contribution in [0, 0.1) is 12.3 Å². The number of anilines is 1. The molecule has 0 spiro atoms. The second-order valence-corrected chi connectivity index (χ2v) is 4.67. The number of hydrogen-bond donors (Lipinski definition) is 3. The summed E-state index contributed by atoms with van der Waals surface area (Å²) < 4.78 is 21.0. The standard InChI is InChI=1S/C12H12FN5O3/c1-2-12(3-19)8(20)6(13)11(21-12)18-5-17-7-9(14)15-4-16-10(7)18/h1,4-6,8,11,19-20H,3H2,(H2,14,15,16)/t6-,8-,11+,12+/m0/s1. The lowest BCUT2D eigenvalue weighted by Crippen LogP contribution is -2.44. The first kappa shape index (κ1) is 13.7. The molecule has 2 aromatic heterocycles. The van der Waals surface area contributed by atoms with Gasteiger partial charge in [-0.05, 0) is 0 Å². The van der Waals surface area contributed by atoms with Crippen molar-refractivity contribution in [1.29, 1.82) is 0 Å². The molecule has 9 heteroatoms. The summed E-state index contributed by atoms with van der Waals surface area (Å²) >= 11 is 0. The Kier molecular flexibility index (Phi) is 3.02. The van der Waals surface area contributed by atoms with Crippen LogP contribution in [0.25, 0.3) is 11.2 Å².